The maximum atomic E-state index is 5.17. The van der Waals surface area contributed by atoms with E-state index in [2.05, 4.69) is 138 Å². The van der Waals surface area contributed by atoms with Crippen LogP contribution in [0.2, 0.25) is 0 Å². The van der Waals surface area contributed by atoms with Crippen molar-refractivity contribution in [3.63, 3.8) is 0 Å². The summed E-state index contributed by atoms with van der Waals surface area (Å²) in [6.07, 6.45) is 1.87. The van der Waals surface area contributed by atoms with Crippen LogP contribution in [-0.4, -0.2) is 15.0 Å². The Labute approximate surface area is 264 Å². The molecule has 6 aromatic carbocycles. The molecular formula is C41H25N3S. The van der Waals surface area contributed by atoms with E-state index in [4.69, 9.17) is 9.97 Å². The molecule has 3 nitrogen and oxygen atoms in total. The highest BCUT2D eigenvalue weighted by Gasteiger charge is 2.17. The summed E-state index contributed by atoms with van der Waals surface area (Å²) >= 11 is 1.76. The van der Waals surface area contributed by atoms with Crippen LogP contribution in [0.15, 0.2) is 152 Å². The quantitative estimate of drug-likeness (QED) is 0.191. The Morgan fingerprint density at radius 2 is 1.16 bits per heavy atom. The van der Waals surface area contributed by atoms with Gasteiger partial charge < -0.3 is 0 Å². The van der Waals surface area contributed by atoms with Crippen molar-refractivity contribution in [3.8, 4) is 44.9 Å². The Kier molecular flexibility index (Phi) is 6.00. The average molecular weight is 592 g/mol. The van der Waals surface area contributed by atoms with E-state index in [0.29, 0.717) is 0 Å². The van der Waals surface area contributed by atoms with Crippen molar-refractivity contribution in [1.82, 2.24) is 15.0 Å². The van der Waals surface area contributed by atoms with Crippen LogP contribution in [-0.2, 0) is 0 Å². The summed E-state index contributed by atoms with van der Waals surface area (Å²) in [6, 6.07) is 51.3. The monoisotopic (exact) mass is 591 g/mol. The Morgan fingerprint density at radius 3 is 2.02 bits per heavy atom. The van der Waals surface area contributed by atoms with Crippen molar-refractivity contribution < 1.29 is 0 Å². The van der Waals surface area contributed by atoms with Crippen LogP contribution in [0.4, 0.5) is 0 Å². The molecule has 0 N–H and O–H groups in total. The molecule has 0 aliphatic rings. The third kappa shape index (κ3) is 4.38. The van der Waals surface area contributed by atoms with Crippen molar-refractivity contribution >= 4 is 53.3 Å². The minimum Gasteiger partial charge on any atom is -0.256 e. The van der Waals surface area contributed by atoms with Gasteiger partial charge in [-0.3, -0.25) is 4.98 Å². The molecular weight excluding hydrogens is 567 g/mol. The van der Waals surface area contributed by atoms with Gasteiger partial charge in [0.2, 0.25) is 0 Å². The van der Waals surface area contributed by atoms with E-state index < -0.39 is 0 Å². The highest BCUT2D eigenvalue weighted by Crippen LogP contribution is 2.40. The molecule has 0 aliphatic carbocycles. The lowest BCUT2D eigenvalue weighted by atomic mass is 9.94. The Hall–Kier alpha value is -5.71. The summed E-state index contributed by atoms with van der Waals surface area (Å²) in [6.45, 7) is 0. The van der Waals surface area contributed by atoms with Gasteiger partial charge in [0, 0.05) is 38.2 Å². The average Bonchev–Trinajstić information content (AvgIpc) is 3.50. The molecule has 0 saturated heterocycles. The van der Waals surface area contributed by atoms with E-state index in [0.717, 1.165) is 54.9 Å². The van der Waals surface area contributed by atoms with Crippen LogP contribution >= 0.6 is 11.3 Å². The third-order valence-electron chi connectivity index (χ3n) is 8.53. The number of hydrogen-bond acceptors (Lipinski definition) is 4. The normalized spacial score (nSPS) is 11.6. The van der Waals surface area contributed by atoms with Gasteiger partial charge in [0.05, 0.1) is 21.4 Å². The molecule has 0 spiro atoms. The second-order valence-electron chi connectivity index (χ2n) is 11.2. The van der Waals surface area contributed by atoms with Crippen LogP contribution in [0.3, 0.4) is 0 Å². The maximum absolute atomic E-state index is 5.17. The van der Waals surface area contributed by atoms with Crippen LogP contribution in [0.1, 0.15) is 0 Å². The first-order valence-electron chi connectivity index (χ1n) is 15.0. The second-order valence-corrected chi connectivity index (χ2v) is 12.3. The van der Waals surface area contributed by atoms with Gasteiger partial charge in [0.15, 0.2) is 5.82 Å². The number of aromatic nitrogens is 3. The summed E-state index contributed by atoms with van der Waals surface area (Å²) in [4.78, 5) is 15.0. The predicted molar refractivity (Wildman–Crippen MR) is 189 cm³/mol. The van der Waals surface area contributed by atoms with Crippen molar-refractivity contribution in [1.29, 1.82) is 0 Å². The third-order valence-corrected chi connectivity index (χ3v) is 9.69. The summed E-state index contributed by atoms with van der Waals surface area (Å²) in [5, 5.41) is 4.70. The molecule has 210 valence electrons. The fourth-order valence-electron chi connectivity index (χ4n) is 6.35. The molecule has 0 saturated carbocycles. The molecule has 0 unspecified atom stereocenters. The van der Waals surface area contributed by atoms with Gasteiger partial charge in [-0.05, 0) is 51.9 Å². The predicted octanol–water partition coefficient (Wildman–Crippen LogP) is 11.2. The van der Waals surface area contributed by atoms with Crippen molar-refractivity contribution in [2.24, 2.45) is 0 Å². The number of pyridine rings is 1. The molecule has 0 fully saturated rings. The number of nitrogens with zero attached hydrogens (tertiary/aromatic N) is 3. The first-order chi connectivity index (χ1) is 22.3. The molecule has 3 heterocycles. The van der Waals surface area contributed by atoms with E-state index in [-0.39, 0.29) is 0 Å². The summed E-state index contributed by atoms with van der Waals surface area (Å²) in [5.74, 6) is 0.736. The number of hydrogen-bond donors (Lipinski definition) is 0. The fourth-order valence-corrected chi connectivity index (χ4v) is 7.50. The van der Waals surface area contributed by atoms with Gasteiger partial charge in [-0.2, -0.15) is 0 Å². The van der Waals surface area contributed by atoms with E-state index in [1.165, 1.54) is 32.0 Å². The van der Waals surface area contributed by atoms with Gasteiger partial charge in [0.1, 0.15) is 0 Å². The van der Waals surface area contributed by atoms with Gasteiger partial charge in [-0.25, -0.2) is 9.97 Å². The molecule has 45 heavy (non-hydrogen) atoms. The van der Waals surface area contributed by atoms with Crippen LogP contribution in [0.25, 0.3) is 86.9 Å². The zero-order valence-electron chi connectivity index (χ0n) is 24.2. The smallest absolute Gasteiger partial charge is 0.160 e. The summed E-state index contributed by atoms with van der Waals surface area (Å²) < 4.78 is 2.34. The molecule has 0 bridgehead atoms. The van der Waals surface area contributed by atoms with E-state index in [1.807, 2.05) is 18.3 Å². The molecule has 0 atom stereocenters. The van der Waals surface area contributed by atoms with Crippen LogP contribution in [0.5, 0.6) is 0 Å². The standard InChI is InChI=1S/C41H25N3S/c1-2-10-28(11-3-1)38-40-39(34-17-6-7-18-36(34)45-40)44-41(43-38)31-13-8-12-29(24-31)26-19-21-27(22-20-26)35-25-30-14-9-23-42-37(30)33-16-5-4-15-32(33)35/h1-25H. The molecule has 3 aromatic heterocycles. The van der Waals surface area contributed by atoms with Gasteiger partial charge in [-0.15, -0.1) is 11.3 Å². The van der Waals surface area contributed by atoms with Gasteiger partial charge >= 0.3 is 0 Å². The summed E-state index contributed by atoms with van der Waals surface area (Å²) in [5.41, 5.74) is 9.80. The number of rotatable bonds is 4. The first-order valence-corrected chi connectivity index (χ1v) is 15.8. The highest BCUT2D eigenvalue weighted by molar-refractivity contribution is 7.26. The Balaban J connectivity index is 1.14. The second kappa shape index (κ2) is 10.5. The number of thiophene rings is 1. The van der Waals surface area contributed by atoms with E-state index >= 15 is 0 Å². The lowest BCUT2D eigenvalue weighted by Gasteiger charge is -2.12. The molecule has 9 rings (SSSR count). The number of benzene rings is 6. The van der Waals surface area contributed by atoms with E-state index in [9.17, 15) is 0 Å². The molecule has 4 heteroatoms. The first kappa shape index (κ1) is 25.8. The van der Waals surface area contributed by atoms with E-state index in [1.54, 1.807) is 11.3 Å². The van der Waals surface area contributed by atoms with Crippen molar-refractivity contribution in [2.75, 3.05) is 0 Å². The molecule has 0 radical (unpaired) electrons. The highest BCUT2D eigenvalue weighted by atomic mass is 32.1. The van der Waals surface area contributed by atoms with Gasteiger partial charge in [-0.1, -0.05) is 121 Å². The zero-order valence-corrected chi connectivity index (χ0v) is 25.0. The SMILES string of the molecule is c1ccc(-c2nc(-c3cccc(-c4ccc(-c5cc6cccnc6c6ccccc56)cc4)c3)nc3c2sc2ccccc23)cc1. The number of fused-ring (bicyclic) bond motifs is 6. The fraction of sp³-hybridized carbons (Fsp3) is 0. The molecule has 9 aromatic rings. The van der Waals surface area contributed by atoms with Crippen LogP contribution < -0.4 is 0 Å². The molecule has 0 amide bonds. The topological polar surface area (TPSA) is 38.7 Å². The minimum atomic E-state index is 0.736. The van der Waals surface area contributed by atoms with Crippen LogP contribution in [0, 0.1) is 0 Å². The minimum absolute atomic E-state index is 0.736. The lowest BCUT2D eigenvalue weighted by Crippen LogP contribution is -1.94. The maximum Gasteiger partial charge on any atom is 0.160 e. The van der Waals surface area contributed by atoms with Crippen molar-refractivity contribution in [3.05, 3.63) is 152 Å². The Morgan fingerprint density at radius 1 is 0.444 bits per heavy atom. The molecule has 0 aliphatic heterocycles. The largest absolute Gasteiger partial charge is 0.256 e. The Bertz CT molecular complexity index is 2530. The summed E-state index contributed by atoms with van der Waals surface area (Å²) in [7, 11) is 0. The zero-order chi connectivity index (χ0) is 29.7. The van der Waals surface area contributed by atoms with Crippen molar-refractivity contribution in [2.45, 2.75) is 0 Å². The van der Waals surface area contributed by atoms with Gasteiger partial charge in [0.25, 0.3) is 0 Å². The lowest BCUT2D eigenvalue weighted by molar-refractivity contribution is 1.24.